The molecule has 0 aromatic heterocycles. The van der Waals surface area contributed by atoms with Crippen molar-refractivity contribution < 1.29 is 30.8 Å². The number of rotatable bonds is 7. The number of carbonyl (C=O) groups excluding carboxylic acids is 1. The number of likely N-dealkylation sites (N-methyl/N-ethyl adjacent to an activating group) is 1. The number of ether oxygens (including phenoxy) is 1. The highest BCUT2D eigenvalue weighted by atomic mass is 16.5. The Morgan fingerprint density at radius 1 is 1.50 bits per heavy atom. The van der Waals surface area contributed by atoms with E-state index in [0.29, 0.717) is 4.48 Å². The standard InChI is InChI=1S/C11H21NO4/c1-5-6-11(15)16-9(7-10(13)14)8-12(2,3)4/h9H,5-8H2,1-4H3/p+1/t9-/m1/s1/i1D3,5D2. The second kappa shape index (κ2) is 6.48. The number of hydrogen-bond acceptors (Lipinski definition) is 3. The minimum Gasteiger partial charge on any atom is -0.481 e. The number of carboxylic acids is 1. The quantitative estimate of drug-likeness (QED) is 0.527. The molecule has 0 aromatic carbocycles. The molecule has 5 nitrogen and oxygen atoms in total. The molecule has 16 heavy (non-hydrogen) atoms. The van der Waals surface area contributed by atoms with E-state index in [-0.39, 0.29) is 6.54 Å². The fourth-order valence-electron chi connectivity index (χ4n) is 1.25. The van der Waals surface area contributed by atoms with Crippen molar-refractivity contribution >= 4 is 11.9 Å². The maximum atomic E-state index is 11.7. The molecule has 0 saturated heterocycles. The van der Waals surface area contributed by atoms with Crippen molar-refractivity contribution in [3.05, 3.63) is 0 Å². The van der Waals surface area contributed by atoms with Gasteiger partial charge in [0, 0.05) is 13.3 Å². The highest BCUT2D eigenvalue weighted by Gasteiger charge is 2.24. The second-order valence-electron chi connectivity index (χ2n) is 4.54. The number of carboxylic acid groups (broad SMARTS) is 1. The zero-order chi connectivity index (χ0) is 17.1. The van der Waals surface area contributed by atoms with E-state index in [1.54, 1.807) is 21.1 Å². The highest BCUT2D eigenvalue weighted by molar-refractivity contribution is 5.71. The van der Waals surface area contributed by atoms with Gasteiger partial charge in [-0.3, -0.25) is 9.59 Å². The van der Waals surface area contributed by atoms with E-state index in [1.807, 2.05) is 0 Å². The molecule has 0 rings (SSSR count). The molecule has 0 unspecified atom stereocenters. The minimum atomic E-state index is -2.95. The number of quaternary nitrogens is 1. The van der Waals surface area contributed by atoms with E-state index in [2.05, 4.69) is 0 Å². The van der Waals surface area contributed by atoms with Gasteiger partial charge in [0.1, 0.15) is 6.54 Å². The van der Waals surface area contributed by atoms with Gasteiger partial charge < -0.3 is 14.3 Å². The van der Waals surface area contributed by atoms with Crippen molar-refractivity contribution in [1.29, 1.82) is 0 Å². The summed E-state index contributed by atoms with van der Waals surface area (Å²) in [6.07, 6.45) is -5.02. The van der Waals surface area contributed by atoms with Crippen LogP contribution in [0.15, 0.2) is 0 Å². The van der Waals surface area contributed by atoms with Crippen LogP contribution in [0, 0.1) is 0 Å². The number of esters is 1. The molecule has 0 fully saturated rings. The van der Waals surface area contributed by atoms with Crippen LogP contribution in [0.3, 0.4) is 0 Å². The monoisotopic (exact) mass is 237 g/mol. The van der Waals surface area contributed by atoms with Gasteiger partial charge in [0.2, 0.25) is 0 Å². The molecule has 0 aliphatic heterocycles. The Kier molecular flexibility index (Phi) is 3.26. The third kappa shape index (κ3) is 8.23. The van der Waals surface area contributed by atoms with Crippen molar-refractivity contribution in [3.63, 3.8) is 0 Å². The first-order valence-corrected chi connectivity index (χ1v) is 4.86. The molecule has 0 bridgehead atoms. The van der Waals surface area contributed by atoms with Gasteiger partial charge in [0.25, 0.3) is 0 Å². The Hall–Kier alpha value is -1.10. The van der Waals surface area contributed by atoms with E-state index in [4.69, 9.17) is 16.7 Å². The van der Waals surface area contributed by atoms with Crippen LogP contribution in [0.2, 0.25) is 0 Å². The maximum Gasteiger partial charge on any atom is 0.307 e. The first-order valence-electron chi connectivity index (χ1n) is 7.36. The average molecular weight is 237 g/mol. The smallest absolute Gasteiger partial charge is 0.307 e. The maximum absolute atomic E-state index is 11.7. The summed E-state index contributed by atoms with van der Waals surface area (Å²) < 4.78 is 41.1. The summed E-state index contributed by atoms with van der Waals surface area (Å²) >= 11 is 0. The predicted octanol–water partition coefficient (Wildman–Crippen LogP) is 0.879. The molecular formula is C11H22NO4+. The third-order valence-electron chi connectivity index (χ3n) is 1.68. The summed E-state index contributed by atoms with van der Waals surface area (Å²) in [6.45, 7) is -2.73. The number of carbonyl (C=O) groups is 2. The number of hydrogen-bond donors (Lipinski definition) is 1. The normalized spacial score (nSPS) is 19.6. The van der Waals surface area contributed by atoms with Crippen LogP contribution in [0.5, 0.6) is 0 Å². The van der Waals surface area contributed by atoms with Crippen molar-refractivity contribution in [2.75, 3.05) is 27.7 Å². The Bertz CT molecular complexity index is 389. The summed E-state index contributed by atoms with van der Waals surface area (Å²) in [6, 6.07) is 0. The van der Waals surface area contributed by atoms with Gasteiger partial charge >= 0.3 is 11.9 Å². The van der Waals surface area contributed by atoms with E-state index >= 15 is 0 Å². The van der Waals surface area contributed by atoms with E-state index in [1.165, 1.54) is 0 Å². The molecule has 5 heteroatoms. The number of aliphatic carboxylic acids is 1. The summed E-state index contributed by atoms with van der Waals surface area (Å²) in [7, 11) is 5.35. The Labute approximate surface area is 104 Å². The molecule has 0 radical (unpaired) electrons. The van der Waals surface area contributed by atoms with E-state index in [9.17, 15) is 9.59 Å². The molecule has 0 aliphatic rings. The van der Waals surface area contributed by atoms with Crippen molar-refractivity contribution in [1.82, 2.24) is 0 Å². The summed E-state index contributed by atoms with van der Waals surface area (Å²) in [5.41, 5.74) is 0. The second-order valence-corrected chi connectivity index (χ2v) is 4.54. The topological polar surface area (TPSA) is 63.6 Å². The van der Waals surface area contributed by atoms with Crippen LogP contribution in [-0.2, 0) is 14.3 Å². The fourth-order valence-corrected chi connectivity index (χ4v) is 1.25. The van der Waals surface area contributed by atoms with Gasteiger partial charge in [-0.15, -0.1) is 0 Å². The first-order chi connectivity index (χ1) is 9.14. The van der Waals surface area contributed by atoms with Crippen LogP contribution in [0.1, 0.15) is 32.9 Å². The van der Waals surface area contributed by atoms with Crippen LogP contribution in [0.4, 0.5) is 0 Å². The molecule has 0 aliphatic carbocycles. The van der Waals surface area contributed by atoms with Gasteiger partial charge in [-0.1, -0.05) is 6.85 Å². The van der Waals surface area contributed by atoms with Crippen molar-refractivity contribution in [2.45, 2.75) is 32.2 Å². The molecule has 0 saturated carbocycles. The average Bonchev–Trinajstić information content (AvgIpc) is 2.08. The molecular weight excluding hydrogens is 210 g/mol. The summed E-state index contributed by atoms with van der Waals surface area (Å²) in [5, 5.41) is 8.79. The molecule has 1 N–H and O–H groups in total. The van der Waals surface area contributed by atoms with Crippen molar-refractivity contribution in [2.24, 2.45) is 0 Å². The van der Waals surface area contributed by atoms with Crippen LogP contribution < -0.4 is 0 Å². The third-order valence-corrected chi connectivity index (χ3v) is 1.68. The fraction of sp³-hybridized carbons (Fsp3) is 0.818. The van der Waals surface area contributed by atoms with E-state index < -0.39 is 44.1 Å². The minimum absolute atomic E-state index is 0.217. The Morgan fingerprint density at radius 3 is 2.56 bits per heavy atom. The molecule has 0 heterocycles. The van der Waals surface area contributed by atoms with Gasteiger partial charge in [-0.25, -0.2) is 0 Å². The SMILES string of the molecule is [2H]C([2H])([2H])C([2H])([2H])CC(=O)O[C@H](CC(=O)O)C[N+](C)(C)C. The molecule has 0 amide bonds. The van der Waals surface area contributed by atoms with Crippen LogP contribution in [-0.4, -0.2) is 55.3 Å². The lowest BCUT2D eigenvalue weighted by molar-refractivity contribution is -0.873. The zero-order valence-electron chi connectivity index (χ0n) is 14.8. The van der Waals surface area contributed by atoms with Gasteiger partial charge in [-0.05, 0) is 6.37 Å². The zero-order valence-corrected chi connectivity index (χ0v) is 9.82. The first kappa shape index (κ1) is 8.06. The molecule has 0 spiro atoms. The Morgan fingerprint density at radius 2 is 2.12 bits per heavy atom. The van der Waals surface area contributed by atoms with Crippen LogP contribution >= 0.6 is 0 Å². The number of nitrogens with zero attached hydrogens (tertiary/aromatic N) is 1. The van der Waals surface area contributed by atoms with Gasteiger partial charge in [0.05, 0.1) is 27.6 Å². The highest BCUT2D eigenvalue weighted by Crippen LogP contribution is 2.07. The Balaban J connectivity index is 4.78. The lowest BCUT2D eigenvalue weighted by atomic mass is 10.2. The predicted molar refractivity (Wildman–Crippen MR) is 59.9 cm³/mol. The lowest BCUT2D eigenvalue weighted by Gasteiger charge is -2.28. The van der Waals surface area contributed by atoms with Crippen LogP contribution in [0.25, 0.3) is 0 Å². The lowest BCUT2D eigenvalue weighted by Crippen LogP contribution is -2.43. The molecule has 0 aromatic rings. The molecule has 1 atom stereocenters. The van der Waals surface area contributed by atoms with E-state index in [0.717, 1.165) is 0 Å². The van der Waals surface area contributed by atoms with Gasteiger partial charge in [-0.2, -0.15) is 0 Å². The van der Waals surface area contributed by atoms with Crippen molar-refractivity contribution in [3.8, 4) is 0 Å². The van der Waals surface area contributed by atoms with Gasteiger partial charge in [0.15, 0.2) is 6.10 Å². The summed E-state index contributed by atoms with van der Waals surface area (Å²) in [5.74, 6) is -2.21. The summed E-state index contributed by atoms with van der Waals surface area (Å²) in [4.78, 5) is 22.4. The molecule has 94 valence electrons. The largest absolute Gasteiger partial charge is 0.481 e.